The first-order valence-electron chi connectivity index (χ1n) is 17.1. The number of allylic oxidation sites excluding steroid dienone is 4. The Morgan fingerprint density at radius 1 is 0.729 bits per heavy atom. The van der Waals surface area contributed by atoms with E-state index >= 15 is 0 Å². The van der Waals surface area contributed by atoms with Crippen LogP contribution in [-0.4, -0.2) is 20.7 Å². The van der Waals surface area contributed by atoms with Gasteiger partial charge >= 0.3 is 0 Å². The number of nitrogens with two attached hydrogens (primary N) is 2. The van der Waals surface area contributed by atoms with Crippen LogP contribution < -0.4 is 11.6 Å². The van der Waals surface area contributed by atoms with Gasteiger partial charge in [-0.05, 0) is 78.3 Å². The highest BCUT2D eigenvalue weighted by Crippen LogP contribution is 2.43. The Morgan fingerprint density at radius 2 is 1.52 bits per heavy atom. The van der Waals surface area contributed by atoms with Crippen molar-refractivity contribution < 1.29 is 0 Å². The summed E-state index contributed by atoms with van der Waals surface area (Å²) in [6, 6.07) is 39.1. The van der Waals surface area contributed by atoms with Gasteiger partial charge in [0.1, 0.15) is 6.17 Å². The predicted octanol–water partition coefficient (Wildman–Crippen LogP) is 9.36. The molecule has 3 atom stereocenters. The van der Waals surface area contributed by atoms with Crippen molar-refractivity contribution in [1.82, 2.24) is 14.1 Å². The number of aromatic nitrogens is 2. The lowest BCUT2D eigenvalue weighted by atomic mass is 9.93. The van der Waals surface area contributed by atoms with Gasteiger partial charge in [0.25, 0.3) is 0 Å². The van der Waals surface area contributed by atoms with Crippen molar-refractivity contribution in [3.63, 3.8) is 0 Å². The van der Waals surface area contributed by atoms with Gasteiger partial charge in [-0.3, -0.25) is 5.84 Å². The normalized spacial score (nSPS) is 17.2. The Balaban J connectivity index is 1.31. The van der Waals surface area contributed by atoms with Crippen LogP contribution in [0.3, 0.4) is 0 Å². The van der Waals surface area contributed by atoms with Gasteiger partial charge in [0.2, 0.25) is 0 Å². The summed E-state index contributed by atoms with van der Waals surface area (Å²) >= 11 is 0. The van der Waals surface area contributed by atoms with Crippen LogP contribution in [0.4, 0.5) is 0 Å². The second-order valence-corrected chi connectivity index (χ2v) is 13.3. The predicted molar refractivity (Wildman–Crippen MR) is 201 cm³/mol. The van der Waals surface area contributed by atoms with E-state index in [-0.39, 0.29) is 6.04 Å². The zero-order valence-electron chi connectivity index (χ0n) is 26.9. The van der Waals surface area contributed by atoms with Crippen molar-refractivity contribution in [2.75, 3.05) is 6.54 Å². The quantitative estimate of drug-likeness (QED) is 0.137. The van der Waals surface area contributed by atoms with Crippen molar-refractivity contribution in [1.29, 1.82) is 0 Å². The fraction of sp³-hybridized carbons (Fsp3) is 0.163. The second-order valence-electron chi connectivity index (χ2n) is 13.3. The van der Waals surface area contributed by atoms with Crippen LogP contribution in [0.5, 0.6) is 0 Å². The second kappa shape index (κ2) is 11.8. The van der Waals surface area contributed by atoms with Gasteiger partial charge in [-0.25, -0.2) is 5.01 Å². The number of rotatable bonds is 7. The summed E-state index contributed by atoms with van der Waals surface area (Å²) in [5, 5.41) is 6.94. The molecule has 48 heavy (non-hydrogen) atoms. The van der Waals surface area contributed by atoms with Crippen LogP contribution in [0.1, 0.15) is 41.7 Å². The zero-order valence-corrected chi connectivity index (χ0v) is 26.9. The van der Waals surface area contributed by atoms with Crippen LogP contribution in [0.25, 0.3) is 55.4 Å². The number of nitrogens with zero attached hydrogens (tertiary/aromatic N) is 3. The SMILES string of the molecule is NC([C@H](c1ccccc1)N(N)CC1C=CC=CC1)n1c2ccccc2c2cc3c4c5c(ccc4n(-c4ccccc4)c3cc21)CCC=C5. The lowest BCUT2D eigenvalue weighted by Gasteiger charge is -2.35. The molecule has 0 saturated heterocycles. The average molecular weight is 626 g/mol. The molecule has 5 heteroatoms. The minimum atomic E-state index is -0.453. The fourth-order valence-electron chi connectivity index (χ4n) is 8.22. The summed E-state index contributed by atoms with van der Waals surface area (Å²) in [5.74, 6) is 7.39. The van der Waals surface area contributed by atoms with Crippen molar-refractivity contribution in [2.45, 2.75) is 31.5 Å². The van der Waals surface area contributed by atoms with E-state index in [0.29, 0.717) is 12.5 Å². The molecule has 5 aromatic carbocycles. The molecular weight excluding hydrogens is 587 g/mol. The van der Waals surface area contributed by atoms with Gasteiger partial charge in [-0.2, -0.15) is 0 Å². The molecule has 0 saturated carbocycles. The monoisotopic (exact) mass is 625 g/mol. The number of hydrogen-bond acceptors (Lipinski definition) is 3. The van der Waals surface area contributed by atoms with E-state index in [1.165, 1.54) is 43.7 Å². The first kappa shape index (κ1) is 29.0. The average Bonchev–Trinajstić information content (AvgIpc) is 3.64. The Morgan fingerprint density at radius 3 is 2.33 bits per heavy atom. The molecule has 2 aromatic heterocycles. The molecule has 2 unspecified atom stereocenters. The number of aryl methyl sites for hydroxylation is 1. The van der Waals surface area contributed by atoms with Gasteiger partial charge in [-0.15, -0.1) is 0 Å². The molecule has 0 fully saturated rings. The van der Waals surface area contributed by atoms with E-state index < -0.39 is 6.17 Å². The summed E-state index contributed by atoms with van der Waals surface area (Å²) in [7, 11) is 0. The molecule has 0 spiro atoms. The summed E-state index contributed by atoms with van der Waals surface area (Å²) in [6.07, 6.45) is 16.0. The molecule has 4 N–H and O–H groups in total. The van der Waals surface area contributed by atoms with Gasteiger partial charge in [-0.1, -0.05) is 109 Å². The minimum Gasteiger partial charge on any atom is -0.322 e. The maximum atomic E-state index is 7.51. The molecule has 2 aliphatic rings. The molecule has 7 aromatic rings. The van der Waals surface area contributed by atoms with Gasteiger partial charge in [0.15, 0.2) is 0 Å². The lowest BCUT2D eigenvalue weighted by molar-refractivity contribution is 0.137. The Hall–Kier alpha value is -5.20. The van der Waals surface area contributed by atoms with Crippen molar-refractivity contribution >= 4 is 49.7 Å². The Labute approximate surface area is 280 Å². The van der Waals surface area contributed by atoms with Gasteiger partial charge in [0, 0.05) is 33.8 Å². The number of fused-ring (bicyclic) bond motifs is 8. The highest BCUT2D eigenvalue weighted by Gasteiger charge is 2.30. The van der Waals surface area contributed by atoms with Crippen LogP contribution >= 0.6 is 0 Å². The Kier molecular flexibility index (Phi) is 7.12. The highest BCUT2D eigenvalue weighted by atomic mass is 15.4. The maximum absolute atomic E-state index is 7.51. The van der Waals surface area contributed by atoms with Gasteiger partial charge in [0.05, 0.1) is 28.1 Å². The van der Waals surface area contributed by atoms with E-state index in [1.54, 1.807) is 0 Å². The highest BCUT2D eigenvalue weighted by molar-refractivity contribution is 6.20. The number of hydrazine groups is 1. The molecule has 0 aliphatic heterocycles. The van der Waals surface area contributed by atoms with Crippen LogP contribution in [-0.2, 0) is 6.42 Å². The van der Waals surface area contributed by atoms with E-state index in [2.05, 4.69) is 155 Å². The lowest BCUT2D eigenvalue weighted by Crippen LogP contribution is -2.45. The number of benzene rings is 5. The third-order valence-corrected chi connectivity index (χ3v) is 10.4. The summed E-state index contributed by atoms with van der Waals surface area (Å²) < 4.78 is 4.76. The molecular formula is C43H39N5. The summed E-state index contributed by atoms with van der Waals surface area (Å²) in [4.78, 5) is 0. The standard InChI is InChI=1S/C43H39N5/c44-43(42(31-17-6-2-7-18-31)46(45)28-29-14-4-1-5-15-29)48-37-23-13-12-22-34(37)35-26-36-40(27-39(35)48)47(32-19-8-3-9-20-32)38-25-24-30-16-10-11-21-33(30)41(36)38/h1-9,11-14,17-27,29,42-43H,10,15-16,28,44-45H2/t29?,42-,43?/m0/s1. The Bertz CT molecular complexity index is 2390. The smallest absolute Gasteiger partial charge is 0.103 e. The molecule has 0 amide bonds. The summed E-state index contributed by atoms with van der Waals surface area (Å²) in [5.41, 5.74) is 17.1. The van der Waals surface area contributed by atoms with Gasteiger partial charge < -0.3 is 14.9 Å². The van der Waals surface area contributed by atoms with E-state index in [9.17, 15) is 0 Å². The minimum absolute atomic E-state index is 0.252. The third kappa shape index (κ3) is 4.66. The van der Waals surface area contributed by atoms with Crippen LogP contribution in [0.15, 0.2) is 140 Å². The van der Waals surface area contributed by atoms with Crippen LogP contribution in [0, 0.1) is 5.92 Å². The molecule has 236 valence electrons. The molecule has 0 radical (unpaired) electrons. The number of para-hydroxylation sites is 2. The number of hydrogen-bond donors (Lipinski definition) is 2. The third-order valence-electron chi connectivity index (χ3n) is 10.4. The molecule has 5 nitrogen and oxygen atoms in total. The molecule has 2 aliphatic carbocycles. The molecule has 0 bridgehead atoms. The first-order valence-corrected chi connectivity index (χ1v) is 17.1. The van der Waals surface area contributed by atoms with E-state index in [0.717, 1.165) is 41.5 Å². The van der Waals surface area contributed by atoms with Crippen molar-refractivity contribution in [2.24, 2.45) is 17.5 Å². The van der Waals surface area contributed by atoms with E-state index in [1.807, 2.05) is 5.01 Å². The fourth-order valence-corrected chi connectivity index (χ4v) is 8.22. The largest absolute Gasteiger partial charge is 0.322 e. The van der Waals surface area contributed by atoms with E-state index in [4.69, 9.17) is 11.6 Å². The first-order chi connectivity index (χ1) is 23.7. The topological polar surface area (TPSA) is 65.1 Å². The molecule has 2 heterocycles. The summed E-state index contributed by atoms with van der Waals surface area (Å²) in [6.45, 7) is 0.705. The van der Waals surface area contributed by atoms with Crippen molar-refractivity contribution in [3.8, 4) is 5.69 Å². The zero-order chi connectivity index (χ0) is 32.2. The molecule has 9 rings (SSSR count). The maximum Gasteiger partial charge on any atom is 0.103 e. The van der Waals surface area contributed by atoms with Crippen LogP contribution in [0.2, 0.25) is 0 Å². The van der Waals surface area contributed by atoms with Crippen molar-refractivity contribution in [3.05, 3.63) is 156 Å².